The number of piperazine rings is 1. The van der Waals surface area contributed by atoms with Gasteiger partial charge in [0, 0.05) is 49.8 Å². The van der Waals surface area contributed by atoms with Crippen molar-refractivity contribution in [1.82, 2.24) is 14.3 Å². The van der Waals surface area contributed by atoms with Crippen molar-refractivity contribution in [2.45, 2.75) is 4.90 Å². The third-order valence-electron chi connectivity index (χ3n) is 5.50. The Morgan fingerprint density at radius 1 is 0.939 bits per heavy atom. The Morgan fingerprint density at radius 2 is 1.70 bits per heavy atom. The van der Waals surface area contributed by atoms with Crippen LogP contribution in [-0.2, 0) is 10.0 Å². The number of anilines is 2. The zero-order valence-corrected chi connectivity index (χ0v) is 18.4. The predicted molar refractivity (Wildman–Crippen MR) is 120 cm³/mol. The van der Waals surface area contributed by atoms with Crippen molar-refractivity contribution in [2.75, 3.05) is 43.2 Å². The van der Waals surface area contributed by atoms with Crippen LogP contribution in [0.15, 0.2) is 66.0 Å². The predicted octanol–water partition coefficient (Wildman–Crippen LogP) is 1.97. The molecule has 1 fully saturated rings. The first-order valence-corrected chi connectivity index (χ1v) is 11.8. The maximum Gasteiger partial charge on any atom is 0.255 e. The summed E-state index contributed by atoms with van der Waals surface area (Å²) in [6, 6.07) is 11.1. The first-order valence-electron chi connectivity index (χ1n) is 10.3. The Morgan fingerprint density at radius 3 is 2.42 bits per heavy atom. The molecule has 0 radical (unpaired) electrons. The second-order valence-corrected chi connectivity index (χ2v) is 9.44. The number of rotatable bonds is 5. The fourth-order valence-electron chi connectivity index (χ4n) is 3.71. The molecule has 1 aromatic heterocycles. The van der Waals surface area contributed by atoms with Gasteiger partial charge in [0.05, 0.1) is 11.1 Å². The molecule has 2 aliphatic heterocycles. The third kappa shape index (κ3) is 4.32. The van der Waals surface area contributed by atoms with E-state index in [1.165, 1.54) is 16.4 Å². The zero-order valence-electron chi connectivity index (χ0n) is 17.5. The molecule has 0 spiro atoms. The zero-order chi connectivity index (χ0) is 22.8. The molecule has 2 aromatic carbocycles. The van der Waals surface area contributed by atoms with Crippen LogP contribution in [0.1, 0.15) is 10.4 Å². The highest BCUT2D eigenvalue weighted by atomic mass is 32.2. The standard InChI is InChI=1S/C22H21N5O5S/c28-22(16-1-6-19-20(13-16)32-15-31-19)25-17-2-4-18(5-3-17)33(29,30)27-11-9-26(10-12-27)21-14-23-7-8-24-21/h1-8,13-14H,9-12,15H2,(H,25,28). The molecule has 2 aliphatic rings. The molecule has 1 amide bonds. The summed E-state index contributed by atoms with van der Waals surface area (Å²) in [4.78, 5) is 23.1. The molecule has 10 nitrogen and oxygen atoms in total. The number of fused-ring (bicyclic) bond motifs is 1. The average molecular weight is 468 g/mol. The van der Waals surface area contributed by atoms with Crippen LogP contribution in [0.3, 0.4) is 0 Å². The van der Waals surface area contributed by atoms with Crippen molar-refractivity contribution in [1.29, 1.82) is 0 Å². The molecule has 3 heterocycles. The second kappa shape index (κ2) is 8.68. The summed E-state index contributed by atoms with van der Waals surface area (Å²) in [5.74, 6) is 1.52. The van der Waals surface area contributed by atoms with Crippen LogP contribution in [0.25, 0.3) is 0 Å². The van der Waals surface area contributed by atoms with E-state index in [9.17, 15) is 13.2 Å². The molecular weight excluding hydrogens is 446 g/mol. The van der Waals surface area contributed by atoms with Gasteiger partial charge in [0.2, 0.25) is 16.8 Å². The highest BCUT2D eigenvalue weighted by Crippen LogP contribution is 2.32. The van der Waals surface area contributed by atoms with Gasteiger partial charge in [-0.05, 0) is 42.5 Å². The smallest absolute Gasteiger partial charge is 0.255 e. The van der Waals surface area contributed by atoms with E-state index in [-0.39, 0.29) is 17.6 Å². The van der Waals surface area contributed by atoms with Gasteiger partial charge in [0.15, 0.2) is 11.5 Å². The minimum absolute atomic E-state index is 0.131. The van der Waals surface area contributed by atoms with E-state index in [2.05, 4.69) is 15.3 Å². The fraction of sp³-hybridized carbons (Fsp3) is 0.227. The summed E-state index contributed by atoms with van der Waals surface area (Å²) in [5, 5.41) is 2.77. The van der Waals surface area contributed by atoms with Gasteiger partial charge in [-0.15, -0.1) is 0 Å². The minimum Gasteiger partial charge on any atom is -0.454 e. The van der Waals surface area contributed by atoms with E-state index < -0.39 is 10.0 Å². The summed E-state index contributed by atoms with van der Waals surface area (Å²) >= 11 is 0. The number of carbonyl (C=O) groups is 1. The first-order chi connectivity index (χ1) is 16.0. The van der Waals surface area contributed by atoms with Crippen LogP contribution in [0.5, 0.6) is 11.5 Å². The number of amides is 1. The van der Waals surface area contributed by atoms with Gasteiger partial charge in [-0.2, -0.15) is 4.31 Å². The quantitative estimate of drug-likeness (QED) is 0.606. The number of hydrogen-bond acceptors (Lipinski definition) is 8. The number of ether oxygens (including phenoxy) is 2. The van der Waals surface area contributed by atoms with Crippen LogP contribution in [0.2, 0.25) is 0 Å². The summed E-state index contributed by atoms with van der Waals surface area (Å²) in [5.41, 5.74) is 0.904. The Balaban J connectivity index is 1.23. The van der Waals surface area contributed by atoms with Crippen LogP contribution in [0, 0.1) is 0 Å². The van der Waals surface area contributed by atoms with Gasteiger partial charge in [0.1, 0.15) is 5.82 Å². The maximum atomic E-state index is 13.1. The van der Waals surface area contributed by atoms with E-state index in [4.69, 9.17) is 9.47 Å². The molecule has 11 heteroatoms. The number of sulfonamides is 1. The normalized spacial score (nSPS) is 15.9. The monoisotopic (exact) mass is 467 g/mol. The van der Waals surface area contributed by atoms with Gasteiger partial charge < -0.3 is 19.7 Å². The molecule has 1 N–H and O–H groups in total. The van der Waals surface area contributed by atoms with Gasteiger partial charge in [-0.3, -0.25) is 9.78 Å². The lowest BCUT2D eigenvalue weighted by Crippen LogP contribution is -2.48. The Hall–Kier alpha value is -3.70. The van der Waals surface area contributed by atoms with Gasteiger partial charge in [-0.1, -0.05) is 0 Å². The van der Waals surface area contributed by atoms with Gasteiger partial charge in [0.25, 0.3) is 5.91 Å². The third-order valence-corrected chi connectivity index (χ3v) is 7.41. The van der Waals surface area contributed by atoms with Crippen LogP contribution < -0.4 is 19.7 Å². The number of nitrogens with one attached hydrogen (secondary N) is 1. The average Bonchev–Trinajstić information content (AvgIpc) is 3.33. The van der Waals surface area contributed by atoms with Crippen molar-refractivity contribution in [3.8, 4) is 11.5 Å². The van der Waals surface area contributed by atoms with Gasteiger partial charge >= 0.3 is 0 Å². The molecule has 0 unspecified atom stereocenters. The van der Waals surface area contributed by atoms with E-state index in [1.54, 1.807) is 48.9 Å². The second-order valence-electron chi connectivity index (χ2n) is 7.50. The molecule has 33 heavy (non-hydrogen) atoms. The molecule has 0 atom stereocenters. The lowest BCUT2D eigenvalue weighted by Gasteiger charge is -2.34. The molecule has 0 saturated carbocycles. The van der Waals surface area contributed by atoms with Crippen LogP contribution in [-0.4, -0.2) is 61.6 Å². The van der Waals surface area contributed by atoms with E-state index >= 15 is 0 Å². The van der Waals surface area contributed by atoms with E-state index in [0.717, 1.165) is 5.82 Å². The molecule has 170 valence electrons. The Bertz CT molecular complexity index is 1260. The SMILES string of the molecule is O=C(Nc1ccc(S(=O)(=O)N2CCN(c3cnccn3)CC2)cc1)c1ccc2c(c1)OCO2. The number of nitrogens with zero attached hydrogens (tertiary/aromatic N) is 4. The highest BCUT2D eigenvalue weighted by Gasteiger charge is 2.29. The topological polar surface area (TPSA) is 114 Å². The Kier molecular flexibility index (Phi) is 5.56. The lowest BCUT2D eigenvalue weighted by atomic mass is 10.2. The molecule has 0 aliphatic carbocycles. The molecule has 5 rings (SSSR count). The van der Waals surface area contributed by atoms with E-state index in [0.29, 0.717) is 48.9 Å². The first kappa shape index (κ1) is 21.2. The fourth-order valence-corrected chi connectivity index (χ4v) is 5.13. The van der Waals surface area contributed by atoms with Crippen molar-refractivity contribution >= 4 is 27.4 Å². The van der Waals surface area contributed by atoms with Crippen LogP contribution >= 0.6 is 0 Å². The molecule has 0 bridgehead atoms. The van der Waals surface area contributed by atoms with Crippen molar-refractivity contribution in [3.63, 3.8) is 0 Å². The minimum atomic E-state index is -3.64. The van der Waals surface area contributed by atoms with Crippen molar-refractivity contribution in [2.24, 2.45) is 0 Å². The number of benzene rings is 2. The lowest BCUT2D eigenvalue weighted by molar-refractivity contribution is 0.102. The van der Waals surface area contributed by atoms with E-state index in [1.807, 2.05) is 4.90 Å². The summed E-state index contributed by atoms with van der Waals surface area (Å²) in [6.45, 7) is 1.89. The summed E-state index contributed by atoms with van der Waals surface area (Å²) < 4.78 is 38.1. The number of hydrogen-bond donors (Lipinski definition) is 1. The molecule has 3 aromatic rings. The molecule has 1 saturated heterocycles. The van der Waals surface area contributed by atoms with Crippen molar-refractivity contribution in [3.05, 3.63) is 66.6 Å². The van der Waals surface area contributed by atoms with Gasteiger partial charge in [-0.25, -0.2) is 13.4 Å². The maximum absolute atomic E-state index is 13.1. The number of aromatic nitrogens is 2. The largest absolute Gasteiger partial charge is 0.454 e. The van der Waals surface area contributed by atoms with Crippen molar-refractivity contribution < 1.29 is 22.7 Å². The number of carbonyl (C=O) groups excluding carboxylic acids is 1. The summed E-state index contributed by atoms with van der Waals surface area (Å²) in [6.07, 6.45) is 4.89. The Labute approximate surface area is 190 Å². The summed E-state index contributed by atoms with van der Waals surface area (Å²) in [7, 11) is -3.64. The van der Waals surface area contributed by atoms with Crippen LogP contribution in [0.4, 0.5) is 11.5 Å². The highest BCUT2D eigenvalue weighted by molar-refractivity contribution is 7.89. The molecular formula is C22H21N5O5S.